The van der Waals surface area contributed by atoms with Gasteiger partial charge in [0.1, 0.15) is 0 Å². The maximum atomic E-state index is 8.66. The van der Waals surface area contributed by atoms with Crippen LogP contribution in [0, 0.1) is 0 Å². The third kappa shape index (κ3) is 1.88. The fourth-order valence-corrected chi connectivity index (χ4v) is 3.15. The summed E-state index contributed by atoms with van der Waals surface area (Å²) < 4.78 is 0. The second-order valence-corrected chi connectivity index (χ2v) is 4.31. The highest BCUT2D eigenvalue weighted by atomic mass is 32.2. The first-order valence-electron chi connectivity index (χ1n) is 2.73. The molecule has 1 rings (SSSR count). The van der Waals surface area contributed by atoms with Crippen LogP contribution in [0.1, 0.15) is 0 Å². The van der Waals surface area contributed by atoms with Crippen LogP contribution in [0.15, 0.2) is 0 Å². The van der Waals surface area contributed by atoms with E-state index in [1.54, 1.807) is 0 Å². The van der Waals surface area contributed by atoms with Gasteiger partial charge >= 0.3 is 0 Å². The zero-order valence-corrected chi connectivity index (χ0v) is 6.30. The lowest BCUT2D eigenvalue weighted by atomic mass is 10.5. The van der Waals surface area contributed by atoms with Gasteiger partial charge in [-0.15, -0.1) is 0 Å². The summed E-state index contributed by atoms with van der Waals surface area (Å²) in [4.78, 5) is 0. The third-order valence-electron chi connectivity index (χ3n) is 1.09. The molecule has 1 heterocycles. The standard InChI is InChI=1S/C5H10OS2/c6-3-5-4-7-1-2-8-5/h5-6H,1-4H2/t5-/m0/s1. The number of aliphatic hydroxyl groups excluding tert-OH is 1. The van der Waals surface area contributed by atoms with Crippen molar-refractivity contribution in [3.05, 3.63) is 0 Å². The highest BCUT2D eigenvalue weighted by molar-refractivity contribution is 8.06. The second kappa shape index (κ2) is 3.64. The molecule has 0 saturated carbocycles. The number of rotatable bonds is 1. The Hall–Kier alpha value is 0.660. The topological polar surface area (TPSA) is 20.2 Å². The zero-order chi connectivity index (χ0) is 5.82. The van der Waals surface area contributed by atoms with Gasteiger partial charge in [-0.3, -0.25) is 0 Å². The Morgan fingerprint density at radius 1 is 1.50 bits per heavy atom. The molecule has 1 fully saturated rings. The smallest absolute Gasteiger partial charge is 0.0558 e. The second-order valence-electron chi connectivity index (χ2n) is 1.75. The van der Waals surface area contributed by atoms with Crippen LogP contribution in [0.3, 0.4) is 0 Å². The van der Waals surface area contributed by atoms with E-state index in [0.717, 1.165) is 5.75 Å². The number of aliphatic hydroxyl groups is 1. The van der Waals surface area contributed by atoms with E-state index in [1.807, 2.05) is 23.5 Å². The summed E-state index contributed by atoms with van der Waals surface area (Å²) in [5.74, 6) is 3.62. The average molecular weight is 150 g/mol. The molecule has 8 heavy (non-hydrogen) atoms. The summed E-state index contributed by atoms with van der Waals surface area (Å²) in [6, 6.07) is 0. The Morgan fingerprint density at radius 2 is 2.38 bits per heavy atom. The van der Waals surface area contributed by atoms with Crippen molar-refractivity contribution >= 4 is 23.5 Å². The van der Waals surface area contributed by atoms with Gasteiger partial charge < -0.3 is 5.11 Å². The van der Waals surface area contributed by atoms with E-state index < -0.39 is 0 Å². The molecule has 0 aromatic carbocycles. The van der Waals surface area contributed by atoms with Gasteiger partial charge in [0, 0.05) is 22.5 Å². The van der Waals surface area contributed by atoms with Gasteiger partial charge in [0.2, 0.25) is 0 Å². The van der Waals surface area contributed by atoms with Crippen molar-refractivity contribution in [2.45, 2.75) is 5.25 Å². The summed E-state index contributed by atoms with van der Waals surface area (Å²) in [6.45, 7) is 0.359. The highest BCUT2D eigenvalue weighted by Gasteiger charge is 2.11. The minimum atomic E-state index is 0.359. The van der Waals surface area contributed by atoms with E-state index in [0.29, 0.717) is 11.9 Å². The van der Waals surface area contributed by atoms with Crippen LogP contribution in [0.2, 0.25) is 0 Å². The van der Waals surface area contributed by atoms with Crippen molar-refractivity contribution in [2.75, 3.05) is 23.9 Å². The molecular formula is C5H10OS2. The Morgan fingerprint density at radius 3 is 2.75 bits per heavy atom. The molecule has 1 aliphatic rings. The van der Waals surface area contributed by atoms with E-state index in [2.05, 4.69) is 0 Å². The lowest BCUT2D eigenvalue weighted by Gasteiger charge is -2.17. The fraction of sp³-hybridized carbons (Fsp3) is 1.00. The molecular weight excluding hydrogens is 140 g/mol. The molecule has 0 amide bonds. The molecule has 0 aliphatic carbocycles. The monoisotopic (exact) mass is 150 g/mol. The molecule has 1 N–H and O–H groups in total. The predicted molar refractivity (Wildman–Crippen MR) is 40.7 cm³/mol. The molecule has 0 spiro atoms. The first-order valence-corrected chi connectivity index (χ1v) is 4.94. The van der Waals surface area contributed by atoms with E-state index >= 15 is 0 Å². The van der Waals surface area contributed by atoms with Crippen molar-refractivity contribution in [3.63, 3.8) is 0 Å². The van der Waals surface area contributed by atoms with Crippen LogP contribution >= 0.6 is 23.5 Å². The fourth-order valence-electron chi connectivity index (χ4n) is 0.642. The van der Waals surface area contributed by atoms with Gasteiger partial charge in [0.25, 0.3) is 0 Å². The van der Waals surface area contributed by atoms with Crippen LogP contribution in [0.25, 0.3) is 0 Å². The van der Waals surface area contributed by atoms with Crippen LogP contribution in [-0.2, 0) is 0 Å². The first kappa shape index (κ1) is 6.78. The Balaban J connectivity index is 2.13. The first-order chi connectivity index (χ1) is 3.93. The van der Waals surface area contributed by atoms with E-state index in [9.17, 15) is 0 Å². The van der Waals surface area contributed by atoms with Gasteiger partial charge in [0.05, 0.1) is 6.61 Å². The number of hydrogen-bond donors (Lipinski definition) is 1. The number of hydrogen-bond acceptors (Lipinski definition) is 3. The van der Waals surface area contributed by atoms with Gasteiger partial charge in [-0.05, 0) is 0 Å². The quantitative estimate of drug-likeness (QED) is 0.598. The normalized spacial score (nSPS) is 30.4. The van der Waals surface area contributed by atoms with Gasteiger partial charge in [-0.2, -0.15) is 23.5 Å². The molecule has 1 nitrogen and oxygen atoms in total. The summed E-state index contributed by atoms with van der Waals surface area (Å²) in [5, 5.41) is 9.18. The van der Waals surface area contributed by atoms with E-state index in [-0.39, 0.29) is 0 Å². The Labute approximate surface area is 58.2 Å². The van der Waals surface area contributed by atoms with Crippen molar-refractivity contribution < 1.29 is 5.11 Å². The van der Waals surface area contributed by atoms with Crippen LogP contribution in [0.5, 0.6) is 0 Å². The van der Waals surface area contributed by atoms with Crippen LogP contribution in [0.4, 0.5) is 0 Å². The molecule has 0 aromatic heterocycles. The molecule has 48 valence electrons. The maximum Gasteiger partial charge on any atom is 0.0558 e. The molecule has 0 radical (unpaired) electrons. The van der Waals surface area contributed by atoms with Crippen molar-refractivity contribution in [1.82, 2.24) is 0 Å². The summed E-state index contributed by atoms with van der Waals surface area (Å²) >= 11 is 3.84. The predicted octanol–water partition coefficient (Wildman–Crippen LogP) is 0.827. The summed E-state index contributed by atoms with van der Waals surface area (Å²) in [5.41, 5.74) is 0. The molecule has 0 aromatic rings. The number of thioether (sulfide) groups is 2. The van der Waals surface area contributed by atoms with Gasteiger partial charge in [0.15, 0.2) is 0 Å². The minimum Gasteiger partial charge on any atom is -0.395 e. The van der Waals surface area contributed by atoms with Crippen molar-refractivity contribution in [3.8, 4) is 0 Å². The van der Waals surface area contributed by atoms with E-state index in [1.165, 1.54) is 11.5 Å². The lowest BCUT2D eigenvalue weighted by molar-refractivity contribution is 0.301. The minimum absolute atomic E-state index is 0.359. The van der Waals surface area contributed by atoms with Crippen molar-refractivity contribution in [1.29, 1.82) is 0 Å². The molecule has 1 saturated heterocycles. The SMILES string of the molecule is OC[C@H]1CSCCS1. The lowest BCUT2D eigenvalue weighted by Crippen LogP contribution is -2.17. The zero-order valence-electron chi connectivity index (χ0n) is 4.67. The highest BCUT2D eigenvalue weighted by Crippen LogP contribution is 2.22. The average Bonchev–Trinajstić information content (AvgIpc) is 1.90. The molecule has 0 bridgehead atoms. The van der Waals surface area contributed by atoms with Crippen LogP contribution in [-0.4, -0.2) is 34.2 Å². The molecule has 1 aliphatic heterocycles. The van der Waals surface area contributed by atoms with E-state index in [4.69, 9.17) is 5.11 Å². The summed E-state index contributed by atoms with van der Waals surface area (Å²) in [7, 11) is 0. The van der Waals surface area contributed by atoms with Gasteiger partial charge in [-0.1, -0.05) is 0 Å². The largest absolute Gasteiger partial charge is 0.395 e. The van der Waals surface area contributed by atoms with Crippen LogP contribution < -0.4 is 0 Å². The molecule has 0 unspecified atom stereocenters. The molecule has 3 heteroatoms. The third-order valence-corrected chi connectivity index (χ3v) is 3.92. The Bertz CT molecular complexity index is 61.4. The summed E-state index contributed by atoms with van der Waals surface area (Å²) in [6.07, 6.45) is 0. The van der Waals surface area contributed by atoms with Gasteiger partial charge in [-0.25, -0.2) is 0 Å². The molecule has 1 atom stereocenters. The maximum absolute atomic E-state index is 8.66. The Kier molecular flexibility index (Phi) is 3.08. The van der Waals surface area contributed by atoms with Crippen molar-refractivity contribution in [2.24, 2.45) is 0 Å².